The van der Waals surface area contributed by atoms with Crippen molar-refractivity contribution in [2.45, 2.75) is 6.18 Å². The van der Waals surface area contributed by atoms with Crippen molar-refractivity contribution >= 4 is 5.82 Å². The summed E-state index contributed by atoms with van der Waals surface area (Å²) in [6, 6.07) is 4.42. The minimum absolute atomic E-state index is 0.127. The zero-order valence-electron chi connectivity index (χ0n) is 10.2. The zero-order chi connectivity index (χ0) is 14.9. The molecule has 0 atom stereocenters. The lowest BCUT2D eigenvalue weighted by Gasteiger charge is -2.12. The summed E-state index contributed by atoms with van der Waals surface area (Å²) in [5, 5.41) is 2.43. The van der Waals surface area contributed by atoms with E-state index in [9.17, 15) is 22.0 Å². The predicted octanol–water partition coefficient (Wildman–Crippen LogP) is 4.09. The third-order valence-corrected chi connectivity index (χ3v) is 2.63. The Morgan fingerprint density at radius 1 is 1.05 bits per heavy atom. The van der Waals surface area contributed by atoms with E-state index in [1.165, 1.54) is 7.05 Å². The first-order chi connectivity index (χ1) is 9.32. The van der Waals surface area contributed by atoms with Crippen LogP contribution < -0.4 is 5.32 Å². The van der Waals surface area contributed by atoms with Crippen molar-refractivity contribution in [2.75, 3.05) is 12.4 Å². The van der Waals surface area contributed by atoms with Gasteiger partial charge in [-0.2, -0.15) is 13.2 Å². The SMILES string of the molecule is CNc1cc(C(F)(F)F)cc(-c2c(F)cccc2F)n1. The van der Waals surface area contributed by atoms with Crippen LogP contribution in [0.5, 0.6) is 0 Å². The highest BCUT2D eigenvalue weighted by Crippen LogP contribution is 2.34. The molecule has 106 valence electrons. The lowest BCUT2D eigenvalue weighted by atomic mass is 10.1. The average Bonchev–Trinajstić information content (AvgIpc) is 2.37. The van der Waals surface area contributed by atoms with Crippen LogP contribution in [0, 0.1) is 11.6 Å². The molecule has 0 fully saturated rings. The molecule has 1 heterocycles. The molecule has 0 aliphatic heterocycles. The van der Waals surface area contributed by atoms with Gasteiger partial charge >= 0.3 is 6.18 Å². The number of hydrogen-bond donors (Lipinski definition) is 1. The molecule has 0 amide bonds. The summed E-state index contributed by atoms with van der Waals surface area (Å²) in [6.45, 7) is 0. The molecule has 7 heteroatoms. The second kappa shape index (κ2) is 5.07. The van der Waals surface area contributed by atoms with Gasteiger partial charge < -0.3 is 5.32 Å². The van der Waals surface area contributed by atoms with Gasteiger partial charge in [-0.15, -0.1) is 0 Å². The molecule has 1 aromatic carbocycles. The highest BCUT2D eigenvalue weighted by Gasteiger charge is 2.32. The van der Waals surface area contributed by atoms with Gasteiger partial charge in [0.05, 0.1) is 16.8 Å². The van der Waals surface area contributed by atoms with Gasteiger partial charge in [0.15, 0.2) is 0 Å². The number of rotatable bonds is 2. The molecule has 0 saturated carbocycles. The molecule has 0 aliphatic rings. The van der Waals surface area contributed by atoms with E-state index in [4.69, 9.17) is 0 Å². The van der Waals surface area contributed by atoms with Gasteiger partial charge in [-0.3, -0.25) is 0 Å². The Morgan fingerprint density at radius 2 is 1.65 bits per heavy atom. The first-order valence-corrected chi connectivity index (χ1v) is 5.54. The van der Waals surface area contributed by atoms with E-state index in [1.807, 2.05) is 0 Å². The van der Waals surface area contributed by atoms with Crippen molar-refractivity contribution in [3.8, 4) is 11.3 Å². The largest absolute Gasteiger partial charge is 0.416 e. The Bertz CT molecular complexity index is 617. The molecule has 2 rings (SSSR count). The third kappa shape index (κ3) is 2.71. The van der Waals surface area contributed by atoms with Gasteiger partial charge in [0.1, 0.15) is 17.5 Å². The fourth-order valence-electron chi connectivity index (χ4n) is 1.69. The molecule has 0 saturated heterocycles. The molecule has 0 spiro atoms. The van der Waals surface area contributed by atoms with E-state index in [2.05, 4.69) is 10.3 Å². The van der Waals surface area contributed by atoms with Crippen molar-refractivity contribution < 1.29 is 22.0 Å². The predicted molar refractivity (Wildman–Crippen MR) is 64.1 cm³/mol. The maximum atomic E-state index is 13.6. The average molecular weight is 288 g/mol. The van der Waals surface area contributed by atoms with Gasteiger partial charge in [0.25, 0.3) is 0 Å². The highest BCUT2D eigenvalue weighted by atomic mass is 19.4. The lowest BCUT2D eigenvalue weighted by molar-refractivity contribution is -0.137. The quantitative estimate of drug-likeness (QED) is 0.842. The Morgan fingerprint density at radius 3 is 2.15 bits per heavy atom. The Balaban J connectivity index is 2.68. The topological polar surface area (TPSA) is 24.9 Å². The van der Waals surface area contributed by atoms with Crippen molar-refractivity contribution in [3.63, 3.8) is 0 Å². The summed E-state index contributed by atoms with van der Waals surface area (Å²) in [5.74, 6) is -2.07. The summed E-state index contributed by atoms with van der Waals surface area (Å²) in [6.07, 6.45) is -4.63. The zero-order valence-corrected chi connectivity index (χ0v) is 10.2. The molecule has 0 aliphatic carbocycles. The smallest absolute Gasteiger partial charge is 0.373 e. The van der Waals surface area contributed by atoms with Crippen molar-refractivity contribution in [3.05, 3.63) is 47.5 Å². The van der Waals surface area contributed by atoms with Crippen molar-refractivity contribution in [1.29, 1.82) is 0 Å². The van der Waals surface area contributed by atoms with Gasteiger partial charge in [-0.05, 0) is 24.3 Å². The second-order valence-electron chi connectivity index (χ2n) is 3.97. The maximum absolute atomic E-state index is 13.6. The van der Waals surface area contributed by atoms with Crippen LogP contribution in [0.2, 0.25) is 0 Å². The van der Waals surface area contributed by atoms with Crippen LogP contribution in [0.15, 0.2) is 30.3 Å². The van der Waals surface area contributed by atoms with Crippen LogP contribution in [0.3, 0.4) is 0 Å². The minimum atomic E-state index is -4.63. The summed E-state index contributed by atoms with van der Waals surface area (Å²) in [7, 11) is 1.37. The molecule has 20 heavy (non-hydrogen) atoms. The van der Waals surface area contributed by atoms with Crippen LogP contribution in [0.1, 0.15) is 5.56 Å². The number of nitrogens with zero attached hydrogens (tertiary/aromatic N) is 1. The number of benzene rings is 1. The molecule has 0 radical (unpaired) electrons. The minimum Gasteiger partial charge on any atom is -0.373 e. The van der Waals surface area contributed by atoms with E-state index in [0.717, 1.165) is 24.3 Å². The maximum Gasteiger partial charge on any atom is 0.416 e. The molecule has 2 nitrogen and oxygen atoms in total. The Labute approximate surface area is 111 Å². The van der Waals surface area contributed by atoms with Gasteiger partial charge in [-0.1, -0.05) is 6.07 Å². The second-order valence-corrected chi connectivity index (χ2v) is 3.97. The molecule has 0 unspecified atom stereocenters. The lowest BCUT2D eigenvalue weighted by Crippen LogP contribution is -2.08. The van der Waals surface area contributed by atoms with E-state index in [0.29, 0.717) is 6.07 Å². The molecule has 0 bridgehead atoms. The molecular weight excluding hydrogens is 279 g/mol. The van der Waals surface area contributed by atoms with Crippen LogP contribution in [0.4, 0.5) is 27.8 Å². The number of aromatic nitrogens is 1. The van der Waals surface area contributed by atoms with Gasteiger partial charge in [0, 0.05) is 7.05 Å². The number of halogens is 5. The highest BCUT2D eigenvalue weighted by molar-refractivity contribution is 5.64. The molecule has 2 aromatic rings. The van der Waals surface area contributed by atoms with Crippen LogP contribution >= 0.6 is 0 Å². The van der Waals surface area contributed by atoms with Crippen LogP contribution in [0.25, 0.3) is 11.3 Å². The van der Waals surface area contributed by atoms with Gasteiger partial charge in [-0.25, -0.2) is 13.8 Å². The van der Waals surface area contributed by atoms with Crippen LogP contribution in [-0.4, -0.2) is 12.0 Å². The van der Waals surface area contributed by atoms with E-state index in [1.54, 1.807) is 0 Å². The molecule has 1 aromatic heterocycles. The van der Waals surface area contributed by atoms with Crippen molar-refractivity contribution in [1.82, 2.24) is 4.98 Å². The fourth-order valence-corrected chi connectivity index (χ4v) is 1.69. The number of pyridine rings is 1. The first kappa shape index (κ1) is 14.2. The van der Waals surface area contributed by atoms with Gasteiger partial charge in [0.2, 0.25) is 0 Å². The Kier molecular flexibility index (Phi) is 3.61. The fraction of sp³-hybridized carbons (Fsp3) is 0.154. The normalized spacial score (nSPS) is 11.5. The monoisotopic (exact) mass is 288 g/mol. The van der Waals surface area contributed by atoms with Crippen molar-refractivity contribution in [2.24, 2.45) is 0 Å². The third-order valence-electron chi connectivity index (χ3n) is 2.63. The number of hydrogen-bond acceptors (Lipinski definition) is 2. The first-order valence-electron chi connectivity index (χ1n) is 5.54. The van der Waals surface area contributed by atoms with E-state index in [-0.39, 0.29) is 5.82 Å². The number of nitrogens with one attached hydrogen (secondary N) is 1. The standard InChI is InChI=1S/C13H9F5N2/c1-19-11-6-7(13(16,17)18)5-10(20-11)12-8(14)3-2-4-9(12)15/h2-6H,1H3,(H,19,20). The number of alkyl halides is 3. The number of anilines is 1. The summed E-state index contributed by atoms with van der Waals surface area (Å²) >= 11 is 0. The summed E-state index contributed by atoms with van der Waals surface area (Å²) in [5.41, 5.74) is -2.04. The van der Waals surface area contributed by atoms with E-state index >= 15 is 0 Å². The summed E-state index contributed by atoms with van der Waals surface area (Å²) in [4.78, 5) is 3.77. The van der Waals surface area contributed by atoms with E-state index < -0.39 is 34.6 Å². The molecular formula is C13H9F5N2. The Hall–Kier alpha value is -2.18. The summed E-state index contributed by atoms with van der Waals surface area (Å²) < 4.78 is 65.5. The van der Waals surface area contributed by atoms with Crippen LogP contribution in [-0.2, 0) is 6.18 Å². The molecule has 1 N–H and O–H groups in total.